The molecule has 2 heterocycles. The van der Waals surface area contributed by atoms with Crippen molar-refractivity contribution < 1.29 is 22.6 Å². The summed E-state index contributed by atoms with van der Waals surface area (Å²) in [5.41, 5.74) is 1.54. The van der Waals surface area contributed by atoms with E-state index in [4.69, 9.17) is 25.8 Å². The molecule has 0 spiro atoms. The van der Waals surface area contributed by atoms with Gasteiger partial charge in [0, 0.05) is 25.0 Å². The van der Waals surface area contributed by atoms with Crippen LogP contribution in [0, 0.1) is 0 Å². The third-order valence-corrected chi connectivity index (χ3v) is 7.78. The van der Waals surface area contributed by atoms with E-state index in [1.54, 1.807) is 30.3 Å². The molecule has 0 bridgehead atoms. The predicted octanol–water partition coefficient (Wildman–Crippen LogP) is 3.96. The van der Waals surface area contributed by atoms with Crippen molar-refractivity contribution in [3.05, 3.63) is 71.0 Å². The van der Waals surface area contributed by atoms with E-state index in [1.807, 2.05) is 22.9 Å². The summed E-state index contributed by atoms with van der Waals surface area (Å²) < 4.78 is 47.4. The highest BCUT2D eigenvalue weighted by atomic mass is 35.5. The van der Waals surface area contributed by atoms with Gasteiger partial charge < -0.3 is 18.8 Å². The summed E-state index contributed by atoms with van der Waals surface area (Å²) in [6.07, 6.45) is 1.94. The highest BCUT2D eigenvalue weighted by Crippen LogP contribution is 2.44. The predicted molar refractivity (Wildman–Crippen MR) is 118 cm³/mol. The van der Waals surface area contributed by atoms with Gasteiger partial charge in [-0.25, -0.2) is 8.42 Å². The average Bonchev–Trinajstić information content (AvgIpc) is 3.26. The molecule has 0 N–H and O–H groups in total. The van der Waals surface area contributed by atoms with Crippen LogP contribution in [-0.2, 0) is 16.6 Å². The van der Waals surface area contributed by atoms with E-state index in [0.29, 0.717) is 29.4 Å². The summed E-state index contributed by atoms with van der Waals surface area (Å²) in [5, 5.41) is 0.187. The van der Waals surface area contributed by atoms with Crippen LogP contribution in [0.5, 0.6) is 17.2 Å². The molecule has 1 atom stereocenters. The van der Waals surface area contributed by atoms with Crippen LogP contribution in [0.3, 0.4) is 0 Å². The highest BCUT2D eigenvalue weighted by Gasteiger charge is 2.39. The molecule has 1 unspecified atom stereocenters. The molecule has 1 aromatic heterocycles. The van der Waals surface area contributed by atoms with E-state index in [0.717, 1.165) is 5.69 Å². The van der Waals surface area contributed by atoms with Crippen LogP contribution in [0.25, 0.3) is 0 Å². The van der Waals surface area contributed by atoms with Crippen molar-refractivity contribution in [3.8, 4) is 17.2 Å². The van der Waals surface area contributed by atoms with Crippen molar-refractivity contribution in [1.82, 2.24) is 8.87 Å². The normalized spacial score (nSPS) is 16.6. The summed E-state index contributed by atoms with van der Waals surface area (Å²) in [6, 6.07) is 13.3. The van der Waals surface area contributed by atoms with Crippen LogP contribution in [-0.4, -0.2) is 45.2 Å². The number of sulfonamides is 1. The molecule has 9 heteroatoms. The molecule has 2 aromatic carbocycles. The fraction of sp³-hybridized carbons (Fsp3) is 0.273. The first kappa shape index (κ1) is 21.5. The zero-order valence-electron chi connectivity index (χ0n) is 17.4. The lowest BCUT2D eigenvalue weighted by Crippen LogP contribution is -2.42. The number of nitrogens with zero attached hydrogens (tertiary/aromatic N) is 2. The van der Waals surface area contributed by atoms with Crippen molar-refractivity contribution >= 4 is 21.6 Å². The van der Waals surface area contributed by atoms with Gasteiger partial charge in [-0.3, -0.25) is 0 Å². The smallest absolute Gasteiger partial charge is 0.245 e. The minimum Gasteiger partial charge on any atom is -0.493 e. The summed E-state index contributed by atoms with van der Waals surface area (Å²) in [7, 11) is 0.699. The fourth-order valence-electron chi connectivity index (χ4n) is 4.00. The number of methoxy groups -OCH3 is 3. The van der Waals surface area contributed by atoms with Gasteiger partial charge in [-0.15, -0.1) is 0 Å². The lowest BCUT2D eigenvalue weighted by Gasteiger charge is -2.36. The Kier molecular flexibility index (Phi) is 5.88. The van der Waals surface area contributed by atoms with Gasteiger partial charge >= 0.3 is 0 Å². The molecule has 0 fully saturated rings. The van der Waals surface area contributed by atoms with E-state index < -0.39 is 16.1 Å². The van der Waals surface area contributed by atoms with Gasteiger partial charge in [0.05, 0.1) is 32.4 Å². The first-order valence-electron chi connectivity index (χ1n) is 9.63. The number of halogens is 1. The van der Waals surface area contributed by atoms with Gasteiger partial charge in [0.1, 0.15) is 4.90 Å². The summed E-state index contributed by atoms with van der Waals surface area (Å²) in [4.78, 5) is 0.0779. The van der Waals surface area contributed by atoms with Gasteiger partial charge in [-0.2, -0.15) is 4.31 Å². The number of aromatic nitrogens is 1. The van der Waals surface area contributed by atoms with E-state index in [1.165, 1.54) is 31.7 Å². The Bertz CT molecular complexity index is 1180. The van der Waals surface area contributed by atoms with E-state index in [-0.39, 0.29) is 16.5 Å². The summed E-state index contributed by atoms with van der Waals surface area (Å²) in [5.74, 6) is 1.35. The van der Waals surface area contributed by atoms with Gasteiger partial charge in [0.2, 0.25) is 15.8 Å². The number of benzene rings is 2. The maximum absolute atomic E-state index is 13.7. The molecule has 1 aliphatic heterocycles. The van der Waals surface area contributed by atoms with Crippen LogP contribution in [0.4, 0.5) is 0 Å². The maximum Gasteiger partial charge on any atom is 0.245 e. The van der Waals surface area contributed by atoms with Gasteiger partial charge in [0.15, 0.2) is 11.5 Å². The first-order chi connectivity index (χ1) is 14.9. The molecule has 3 aromatic rings. The monoisotopic (exact) mass is 462 g/mol. The molecule has 4 rings (SSSR count). The quantitative estimate of drug-likeness (QED) is 0.554. The Morgan fingerprint density at radius 3 is 2.23 bits per heavy atom. The largest absolute Gasteiger partial charge is 0.493 e. The van der Waals surface area contributed by atoms with E-state index in [2.05, 4.69) is 0 Å². The Balaban J connectivity index is 1.92. The fourth-order valence-corrected chi connectivity index (χ4v) is 6.07. The zero-order chi connectivity index (χ0) is 22.2. The highest BCUT2D eigenvalue weighted by molar-refractivity contribution is 7.89. The SMILES string of the molecule is COc1cc(C2c3cccn3CCN2S(=O)(=O)c2ccccc2Cl)cc(OC)c1OC. The van der Waals surface area contributed by atoms with Crippen LogP contribution >= 0.6 is 11.6 Å². The average molecular weight is 463 g/mol. The minimum atomic E-state index is -3.89. The first-order valence-corrected chi connectivity index (χ1v) is 11.5. The topological polar surface area (TPSA) is 70.0 Å². The minimum absolute atomic E-state index is 0.0779. The molecule has 31 heavy (non-hydrogen) atoms. The molecule has 1 aliphatic rings. The summed E-state index contributed by atoms with van der Waals surface area (Å²) in [6.45, 7) is 0.823. The second kappa shape index (κ2) is 8.45. The second-order valence-electron chi connectivity index (χ2n) is 7.03. The Hall–Kier alpha value is -2.68. The van der Waals surface area contributed by atoms with Crippen molar-refractivity contribution in [2.24, 2.45) is 0 Å². The molecule has 164 valence electrons. The van der Waals surface area contributed by atoms with Crippen molar-refractivity contribution in [2.75, 3.05) is 27.9 Å². The van der Waals surface area contributed by atoms with E-state index in [9.17, 15) is 8.42 Å². The number of fused-ring (bicyclic) bond motifs is 1. The molecule has 0 saturated heterocycles. The van der Waals surface area contributed by atoms with Crippen molar-refractivity contribution in [1.29, 1.82) is 0 Å². The molecule has 7 nitrogen and oxygen atoms in total. The number of hydrogen-bond donors (Lipinski definition) is 0. The Morgan fingerprint density at radius 2 is 1.61 bits per heavy atom. The zero-order valence-corrected chi connectivity index (χ0v) is 19.0. The number of hydrogen-bond acceptors (Lipinski definition) is 5. The van der Waals surface area contributed by atoms with E-state index >= 15 is 0 Å². The second-order valence-corrected chi connectivity index (χ2v) is 9.30. The lowest BCUT2D eigenvalue weighted by atomic mass is 10.0. The summed E-state index contributed by atoms with van der Waals surface area (Å²) >= 11 is 6.27. The van der Waals surface area contributed by atoms with Crippen LogP contribution in [0.15, 0.2) is 59.6 Å². The number of ether oxygens (including phenoxy) is 3. The van der Waals surface area contributed by atoms with Gasteiger partial charge in [-0.05, 0) is 42.0 Å². The van der Waals surface area contributed by atoms with Gasteiger partial charge in [-0.1, -0.05) is 23.7 Å². The molecule has 0 saturated carbocycles. The molecular weight excluding hydrogens is 440 g/mol. The molecule has 0 aliphatic carbocycles. The van der Waals surface area contributed by atoms with Crippen LogP contribution < -0.4 is 14.2 Å². The maximum atomic E-state index is 13.7. The molecule has 0 amide bonds. The van der Waals surface area contributed by atoms with Gasteiger partial charge in [0.25, 0.3) is 0 Å². The Labute approximate surface area is 186 Å². The van der Waals surface area contributed by atoms with Crippen molar-refractivity contribution in [3.63, 3.8) is 0 Å². The van der Waals surface area contributed by atoms with Crippen LogP contribution in [0.1, 0.15) is 17.3 Å². The molecular formula is C22H23ClN2O5S. The third kappa shape index (κ3) is 3.64. The third-order valence-electron chi connectivity index (χ3n) is 5.42. The molecule has 0 radical (unpaired) electrons. The lowest BCUT2D eigenvalue weighted by molar-refractivity contribution is 0.293. The Morgan fingerprint density at radius 1 is 0.935 bits per heavy atom. The van der Waals surface area contributed by atoms with Crippen LogP contribution in [0.2, 0.25) is 5.02 Å². The van der Waals surface area contributed by atoms with Crippen molar-refractivity contribution in [2.45, 2.75) is 17.5 Å². The standard InChI is InChI=1S/C22H23ClN2O5S/c1-28-18-13-15(14-19(29-2)22(18)30-3)21-17-8-6-10-24(17)11-12-25(21)31(26,27)20-9-5-4-7-16(20)23/h4-10,13-14,21H,11-12H2,1-3H3. The number of rotatable bonds is 6.